The molecule has 0 N–H and O–H groups in total. The second-order valence-electron chi connectivity index (χ2n) is 9.22. The number of hydrogen-bond donors (Lipinski definition) is 0. The van der Waals surface area contributed by atoms with Crippen molar-refractivity contribution >= 4 is 28.5 Å². The lowest BCUT2D eigenvalue weighted by atomic mass is 9.92. The number of nitrogens with zero attached hydrogens (tertiary/aromatic N) is 1. The van der Waals surface area contributed by atoms with Crippen LogP contribution in [0.25, 0.3) is 11.0 Å². The molecule has 0 bridgehead atoms. The summed E-state index contributed by atoms with van der Waals surface area (Å²) < 4.78 is 28.4. The van der Waals surface area contributed by atoms with Crippen molar-refractivity contribution in [1.82, 2.24) is 4.90 Å². The summed E-state index contributed by atoms with van der Waals surface area (Å²) in [7, 11) is 3.17. The Morgan fingerprint density at radius 2 is 1.69 bits per heavy atom. The van der Waals surface area contributed by atoms with Crippen molar-refractivity contribution in [1.29, 1.82) is 0 Å². The van der Waals surface area contributed by atoms with E-state index >= 15 is 0 Å². The Hall–Kier alpha value is -4.17. The molecule has 0 fully saturated rings. The molecule has 0 spiro atoms. The molecule has 0 saturated carbocycles. The van der Waals surface area contributed by atoms with Crippen molar-refractivity contribution in [3.05, 3.63) is 92.8 Å². The smallest absolute Gasteiger partial charge is 0.336 e. The van der Waals surface area contributed by atoms with Crippen LogP contribution in [-0.4, -0.2) is 44.8 Å². The first-order chi connectivity index (χ1) is 18.9. The highest BCUT2D eigenvalue weighted by molar-refractivity contribution is 6.30. The molecular formula is C30H28ClNO7. The molecule has 5 rings (SSSR count). The van der Waals surface area contributed by atoms with Gasteiger partial charge in [0.25, 0.3) is 5.91 Å². The van der Waals surface area contributed by atoms with E-state index in [4.69, 9.17) is 35.0 Å². The molecule has 3 aromatic carbocycles. The van der Waals surface area contributed by atoms with Crippen LogP contribution in [0.5, 0.6) is 23.0 Å². The van der Waals surface area contributed by atoms with Crippen LogP contribution in [0.3, 0.4) is 0 Å². The fourth-order valence-electron chi connectivity index (χ4n) is 4.84. The minimum Gasteiger partial charge on any atom is -0.493 e. The predicted molar refractivity (Wildman–Crippen MR) is 147 cm³/mol. The third-order valence-electron chi connectivity index (χ3n) is 6.83. The van der Waals surface area contributed by atoms with Crippen molar-refractivity contribution in [2.75, 3.05) is 34.0 Å². The van der Waals surface area contributed by atoms with Gasteiger partial charge in [-0.3, -0.25) is 4.79 Å². The lowest BCUT2D eigenvalue weighted by Crippen LogP contribution is -2.44. The molecule has 1 atom stereocenters. The second kappa shape index (κ2) is 11.3. The summed E-state index contributed by atoms with van der Waals surface area (Å²) in [6, 6.07) is 17.1. The third kappa shape index (κ3) is 5.66. The SMILES string of the molecule is COc1cc2c(cc1OC)[C@@H](COc1ccc3c(C)cc(=O)oc3c1)N(C(=O)COc1ccc(Cl)cc1)CC2. The molecule has 39 heavy (non-hydrogen) atoms. The first-order valence-electron chi connectivity index (χ1n) is 12.5. The van der Waals surface area contributed by atoms with Gasteiger partial charge >= 0.3 is 5.63 Å². The lowest BCUT2D eigenvalue weighted by molar-refractivity contribution is -0.137. The summed E-state index contributed by atoms with van der Waals surface area (Å²) >= 11 is 5.96. The maximum atomic E-state index is 13.4. The van der Waals surface area contributed by atoms with E-state index < -0.39 is 11.7 Å². The minimum absolute atomic E-state index is 0.138. The number of carbonyl (C=O) groups is 1. The van der Waals surface area contributed by atoms with Gasteiger partial charge in [-0.1, -0.05) is 11.6 Å². The standard InChI is InChI=1S/C30H28ClNO7/c1-18-12-30(34)39-26-14-22(8-9-23(18)26)37-16-25-24-15-28(36-3)27(35-2)13-19(24)10-11-32(25)29(33)17-38-21-6-4-20(31)5-7-21/h4-9,12-15,25H,10-11,16-17H2,1-3H3/t25-/m1/s1. The van der Waals surface area contributed by atoms with E-state index in [2.05, 4.69) is 0 Å². The first kappa shape index (κ1) is 26.4. The molecular weight excluding hydrogens is 522 g/mol. The average Bonchev–Trinajstić information content (AvgIpc) is 2.94. The van der Waals surface area contributed by atoms with E-state index in [-0.39, 0.29) is 19.1 Å². The normalized spacial score (nSPS) is 14.6. The summed E-state index contributed by atoms with van der Waals surface area (Å²) in [6.45, 7) is 2.36. The second-order valence-corrected chi connectivity index (χ2v) is 9.66. The number of fused-ring (bicyclic) bond motifs is 2. The van der Waals surface area contributed by atoms with Gasteiger partial charge in [-0.15, -0.1) is 0 Å². The van der Waals surface area contributed by atoms with Gasteiger partial charge in [-0.2, -0.15) is 0 Å². The molecule has 8 nitrogen and oxygen atoms in total. The number of rotatable bonds is 8. The summed E-state index contributed by atoms with van der Waals surface area (Å²) in [5.74, 6) is 2.09. The molecule has 0 aliphatic carbocycles. The van der Waals surface area contributed by atoms with Gasteiger partial charge in [0.05, 0.1) is 20.3 Å². The summed E-state index contributed by atoms with van der Waals surface area (Å²) in [6.07, 6.45) is 0.638. The van der Waals surface area contributed by atoms with Crippen LogP contribution in [0.4, 0.5) is 0 Å². The zero-order valence-electron chi connectivity index (χ0n) is 21.9. The number of amides is 1. The molecule has 4 aromatic rings. The number of carbonyl (C=O) groups excluding carboxylic acids is 1. The van der Waals surface area contributed by atoms with Crippen molar-refractivity contribution in [2.24, 2.45) is 0 Å². The Kier molecular flexibility index (Phi) is 7.65. The van der Waals surface area contributed by atoms with Gasteiger partial charge in [0, 0.05) is 29.1 Å². The lowest BCUT2D eigenvalue weighted by Gasteiger charge is -2.37. The topological polar surface area (TPSA) is 87.4 Å². The van der Waals surface area contributed by atoms with Gasteiger partial charge in [-0.25, -0.2) is 4.79 Å². The van der Waals surface area contributed by atoms with Crippen molar-refractivity contribution in [3.8, 4) is 23.0 Å². The predicted octanol–water partition coefficient (Wildman–Crippen LogP) is 5.36. The van der Waals surface area contributed by atoms with Gasteiger partial charge in [0.1, 0.15) is 23.7 Å². The first-order valence-corrected chi connectivity index (χ1v) is 12.8. The van der Waals surface area contributed by atoms with E-state index in [1.807, 2.05) is 31.2 Å². The van der Waals surface area contributed by atoms with Crippen LogP contribution in [-0.2, 0) is 11.2 Å². The molecule has 0 radical (unpaired) electrons. The molecule has 202 valence electrons. The minimum atomic E-state index is -0.421. The molecule has 1 aromatic heterocycles. The maximum absolute atomic E-state index is 13.4. The van der Waals surface area contributed by atoms with Crippen LogP contribution in [0.15, 0.2) is 69.9 Å². The van der Waals surface area contributed by atoms with Crippen LogP contribution in [0, 0.1) is 6.92 Å². The Bertz CT molecular complexity index is 1560. The molecule has 1 amide bonds. The summed E-state index contributed by atoms with van der Waals surface area (Å²) in [5.41, 5.74) is 2.80. The Morgan fingerprint density at radius 1 is 0.974 bits per heavy atom. The number of hydrogen-bond acceptors (Lipinski definition) is 7. The Balaban J connectivity index is 1.43. The van der Waals surface area contributed by atoms with Crippen molar-refractivity contribution < 1.29 is 28.2 Å². The molecule has 9 heteroatoms. The molecule has 0 unspecified atom stereocenters. The highest BCUT2D eigenvalue weighted by Gasteiger charge is 2.33. The summed E-state index contributed by atoms with van der Waals surface area (Å²) in [5, 5.41) is 1.42. The van der Waals surface area contributed by atoms with Gasteiger partial charge < -0.3 is 28.3 Å². The van der Waals surface area contributed by atoms with Crippen LogP contribution in [0.1, 0.15) is 22.7 Å². The molecule has 2 heterocycles. The zero-order valence-corrected chi connectivity index (χ0v) is 22.6. The number of aryl methyl sites for hydroxylation is 1. The van der Waals surface area contributed by atoms with E-state index in [0.29, 0.717) is 46.6 Å². The van der Waals surface area contributed by atoms with Crippen LogP contribution < -0.4 is 24.6 Å². The Morgan fingerprint density at radius 3 is 2.44 bits per heavy atom. The fourth-order valence-corrected chi connectivity index (χ4v) is 4.96. The quantitative estimate of drug-likeness (QED) is 0.274. The van der Waals surface area contributed by atoms with E-state index in [9.17, 15) is 9.59 Å². The van der Waals surface area contributed by atoms with Crippen LogP contribution >= 0.6 is 11.6 Å². The largest absolute Gasteiger partial charge is 0.493 e. The van der Waals surface area contributed by atoms with Gasteiger partial charge in [0.2, 0.25) is 0 Å². The van der Waals surface area contributed by atoms with Gasteiger partial charge in [-0.05, 0) is 78.6 Å². The van der Waals surface area contributed by atoms with Crippen molar-refractivity contribution in [2.45, 2.75) is 19.4 Å². The van der Waals surface area contributed by atoms with E-state index in [1.54, 1.807) is 49.5 Å². The van der Waals surface area contributed by atoms with Crippen LogP contribution in [0.2, 0.25) is 5.02 Å². The average molecular weight is 550 g/mol. The number of ether oxygens (including phenoxy) is 4. The Labute approximate surface area is 230 Å². The number of halogens is 1. The highest BCUT2D eigenvalue weighted by Crippen LogP contribution is 2.38. The maximum Gasteiger partial charge on any atom is 0.336 e. The molecule has 0 saturated heterocycles. The summed E-state index contributed by atoms with van der Waals surface area (Å²) in [4.78, 5) is 27.0. The van der Waals surface area contributed by atoms with E-state index in [1.165, 1.54) is 6.07 Å². The third-order valence-corrected chi connectivity index (χ3v) is 7.08. The monoisotopic (exact) mass is 549 g/mol. The van der Waals surface area contributed by atoms with Crippen molar-refractivity contribution in [3.63, 3.8) is 0 Å². The molecule has 1 aliphatic heterocycles. The number of methoxy groups -OCH3 is 2. The molecule has 1 aliphatic rings. The van der Waals surface area contributed by atoms with E-state index in [0.717, 1.165) is 22.1 Å². The number of benzene rings is 3. The zero-order chi connectivity index (χ0) is 27.5. The highest BCUT2D eigenvalue weighted by atomic mass is 35.5. The fraction of sp³-hybridized carbons (Fsp3) is 0.267. The van der Waals surface area contributed by atoms with Gasteiger partial charge in [0.15, 0.2) is 18.1 Å².